The van der Waals surface area contributed by atoms with E-state index in [2.05, 4.69) is 48.8 Å². The number of aryl methyl sites for hydroxylation is 1. The highest BCUT2D eigenvalue weighted by Crippen LogP contribution is 2.43. The van der Waals surface area contributed by atoms with Crippen molar-refractivity contribution in [2.45, 2.75) is 78.1 Å². The van der Waals surface area contributed by atoms with Gasteiger partial charge in [-0.2, -0.15) is 5.10 Å². The van der Waals surface area contributed by atoms with Gasteiger partial charge in [0, 0.05) is 34.4 Å². The van der Waals surface area contributed by atoms with E-state index < -0.39 is 0 Å². The first-order valence-electron chi connectivity index (χ1n) is 13.8. The summed E-state index contributed by atoms with van der Waals surface area (Å²) in [5.74, 6) is 2.43. The van der Waals surface area contributed by atoms with Gasteiger partial charge in [0.15, 0.2) is 11.4 Å². The van der Waals surface area contributed by atoms with Gasteiger partial charge in [0.1, 0.15) is 6.33 Å². The minimum absolute atomic E-state index is 0.317. The van der Waals surface area contributed by atoms with Crippen LogP contribution in [0.3, 0.4) is 0 Å². The van der Waals surface area contributed by atoms with Gasteiger partial charge in [-0.05, 0) is 75.0 Å². The summed E-state index contributed by atoms with van der Waals surface area (Å²) in [4.78, 5) is 13.4. The molecule has 4 aromatic heterocycles. The summed E-state index contributed by atoms with van der Waals surface area (Å²) in [6, 6.07) is 4.35. The van der Waals surface area contributed by atoms with E-state index in [9.17, 15) is 0 Å². The van der Waals surface area contributed by atoms with E-state index >= 15 is 0 Å². The zero-order valence-electron chi connectivity index (χ0n) is 22.8. The number of methoxy groups -OCH3 is 1. The third kappa shape index (κ3) is 4.41. The maximum absolute atomic E-state index is 5.64. The summed E-state index contributed by atoms with van der Waals surface area (Å²) in [7, 11) is 1.68. The van der Waals surface area contributed by atoms with Gasteiger partial charge in [0.2, 0.25) is 0 Å². The molecule has 1 aliphatic carbocycles. The number of H-pyrrole nitrogens is 1. The molecule has 1 saturated heterocycles. The van der Waals surface area contributed by atoms with Crippen LogP contribution in [0.25, 0.3) is 27.9 Å². The summed E-state index contributed by atoms with van der Waals surface area (Å²) in [5.41, 5.74) is 9.30. The molecule has 2 fully saturated rings. The molecule has 1 N–H and O–H groups in total. The molecule has 6 rings (SSSR count). The fourth-order valence-electron chi connectivity index (χ4n) is 6.51. The van der Waals surface area contributed by atoms with Crippen LogP contribution in [0.2, 0.25) is 0 Å². The lowest BCUT2D eigenvalue weighted by Crippen LogP contribution is -2.40. The Hall–Kier alpha value is -2.93. The van der Waals surface area contributed by atoms with E-state index in [1.165, 1.54) is 55.3 Å². The Bertz CT molecular complexity index is 1420. The Kier molecular flexibility index (Phi) is 6.22. The summed E-state index contributed by atoms with van der Waals surface area (Å²) >= 11 is 0. The Labute approximate surface area is 219 Å². The van der Waals surface area contributed by atoms with E-state index in [-0.39, 0.29) is 0 Å². The van der Waals surface area contributed by atoms with Crippen LogP contribution in [0, 0.1) is 18.3 Å². The molecule has 5 heterocycles. The van der Waals surface area contributed by atoms with Gasteiger partial charge >= 0.3 is 0 Å². The van der Waals surface area contributed by atoms with Crippen molar-refractivity contribution in [2.24, 2.45) is 11.3 Å². The van der Waals surface area contributed by atoms with E-state index in [4.69, 9.17) is 14.5 Å². The molecule has 0 bridgehead atoms. The van der Waals surface area contributed by atoms with Crippen molar-refractivity contribution in [1.29, 1.82) is 0 Å². The molecular weight excluding hydrogens is 462 g/mol. The van der Waals surface area contributed by atoms with E-state index in [0.717, 1.165) is 47.1 Å². The first kappa shape index (κ1) is 24.4. The van der Waals surface area contributed by atoms with Gasteiger partial charge in [-0.3, -0.25) is 4.98 Å². The molecule has 0 spiro atoms. The molecule has 0 unspecified atom stereocenters. The minimum atomic E-state index is 0.317. The third-order valence-corrected chi connectivity index (χ3v) is 8.75. The normalized spacial score (nSPS) is 21.6. The van der Waals surface area contributed by atoms with Gasteiger partial charge in [-0.15, -0.1) is 0 Å². The molecule has 0 amide bonds. The zero-order chi connectivity index (χ0) is 25.7. The number of nitrogens with zero attached hydrogens (tertiary/aromatic N) is 4. The molecule has 1 aliphatic heterocycles. The third-order valence-electron chi connectivity index (χ3n) is 8.75. The zero-order valence-corrected chi connectivity index (χ0v) is 22.8. The van der Waals surface area contributed by atoms with E-state index in [0.29, 0.717) is 23.0 Å². The highest BCUT2D eigenvalue weighted by molar-refractivity contribution is 5.89. The second-order valence-electron chi connectivity index (χ2n) is 12.0. The Balaban J connectivity index is 1.30. The average molecular weight is 502 g/mol. The summed E-state index contributed by atoms with van der Waals surface area (Å²) in [5, 5.41) is 4.36. The predicted octanol–water partition coefficient (Wildman–Crippen LogP) is 6.80. The van der Waals surface area contributed by atoms with Crippen molar-refractivity contribution in [3.63, 3.8) is 0 Å². The largest absolute Gasteiger partial charge is 0.493 e. The van der Waals surface area contributed by atoms with Crippen LogP contribution >= 0.6 is 0 Å². The Morgan fingerprint density at radius 1 is 1.19 bits per heavy atom. The molecule has 4 aromatic rings. The minimum Gasteiger partial charge on any atom is -0.493 e. The molecule has 0 atom stereocenters. The van der Waals surface area contributed by atoms with E-state index in [1.807, 2.05) is 12.3 Å². The molecule has 0 aromatic carbocycles. The van der Waals surface area contributed by atoms with Crippen molar-refractivity contribution in [3.8, 4) is 17.0 Å². The molecule has 7 nitrogen and oxygen atoms in total. The monoisotopic (exact) mass is 501 g/mol. The van der Waals surface area contributed by atoms with Gasteiger partial charge in [-0.25, -0.2) is 9.50 Å². The summed E-state index contributed by atoms with van der Waals surface area (Å²) in [6.07, 6.45) is 11.3. The smallest absolute Gasteiger partial charge is 0.197 e. The SMILES string of the molecule is COc1cc(-c2[nH]c3cc(C)c(C4CCC(CCC5(C)COC5)CC4)nc3c2C(C)C)cn2ncnc12. The number of aromatic nitrogens is 5. The van der Waals surface area contributed by atoms with Gasteiger partial charge in [0.25, 0.3) is 0 Å². The van der Waals surface area contributed by atoms with Crippen molar-refractivity contribution >= 4 is 16.7 Å². The van der Waals surface area contributed by atoms with Gasteiger partial charge < -0.3 is 14.5 Å². The van der Waals surface area contributed by atoms with Crippen LogP contribution in [0.5, 0.6) is 5.75 Å². The van der Waals surface area contributed by atoms with Crippen LogP contribution in [0.1, 0.15) is 88.0 Å². The van der Waals surface area contributed by atoms with Crippen LogP contribution in [0.15, 0.2) is 24.7 Å². The lowest BCUT2D eigenvalue weighted by molar-refractivity contribution is -0.108. The maximum atomic E-state index is 5.64. The fourth-order valence-corrected chi connectivity index (χ4v) is 6.51. The second-order valence-corrected chi connectivity index (χ2v) is 12.0. The Morgan fingerprint density at radius 2 is 1.97 bits per heavy atom. The number of hydrogen-bond acceptors (Lipinski definition) is 5. The van der Waals surface area contributed by atoms with Gasteiger partial charge in [0.05, 0.1) is 37.1 Å². The topological polar surface area (TPSA) is 77.3 Å². The first-order chi connectivity index (χ1) is 17.8. The summed E-state index contributed by atoms with van der Waals surface area (Å²) < 4.78 is 12.9. The highest BCUT2D eigenvalue weighted by atomic mass is 16.5. The van der Waals surface area contributed by atoms with Crippen LogP contribution in [0.4, 0.5) is 0 Å². The number of hydrogen-bond donors (Lipinski definition) is 1. The van der Waals surface area contributed by atoms with Crippen LogP contribution in [-0.2, 0) is 4.74 Å². The maximum Gasteiger partial charge on any atom is 0.197 e. The predicted molar refractivity (Wildman–Crippen MR) is 146 cm³/mol. The molecule has 196 valence electrons. The van der Waals surface area contributed by atoms with Crippen molar-refractivity contribution in [3.05, 3.63) is 41.5 Å². The number of nitrogens with one attached hydrogen (secondary N) is 1. The van der Waals surface area contributed by atoms with Crippen LogP contribution in [-0.4, -0.2) is 44.9 Å². The van der Waals surface area contributed by atoms with E-state index in [1.54, 1.807) is 18.0 Å². The second kappa shape index (κ2) is 9.43. The molecule has 2 aliphatic rings. The van der Waals surface area contributed by atoms with Crippen molar-refractivity contribution in [1.82, 2.24) is 24.6 Å². The van der Waals surface area contributed by atoms with Crippen molar-refractivity contribution in [2.75, 3.05) is 20.3 Å². The lowest BCUT2D eigenvalue weighted by atomic mass is 9.74. The molecule has 1 saturated carbocycles. The highest BCUT2D eigenvalue weighted by Gasteiger charge is 2.34. The number of aromatic amines is 1. The molecule has 0 radical (unpaired) electrons. The standard InChI is InChI=1S/C30H39N5O2/c1-18(2)25-27(22-13-24(36-5)29-31-17-32-35(29)14-22)33-23-12-19(3)26(34-28(23)25)21-8-6-20(7-9-21)10-11-30(4)15-37-16-30/h12-14,17-18,20-21,33H,6-11,15-16H2,1-5H3. The molecular formula is C30H39N5O2. The Morgan fingerprint density at radius 3 is 2.65 bits per heavy atom. The summed E-state index contributed by atoms with van der Waals surface area (Å²) in [6.45, 7) is 11.0. The number of ether oxygens (including phenoxy) is 2. The first-order valence-corrected chi connectivity index (χ1v) is 13.8. The fraction of sp³-hybridized carbons (Fsp3) is 0.567. The number of pyridine rings is 2. The number of rotatable bonds is 7. The van der Waals surface area contributed by atoms with Crippen LogP contribution < -0.4 is 4.74 Å². The van der Waals surface area contributed by atoms with Crippen molar-refractivity contribution < 1.29 is 9.47 Å². The number of fused-ring (bicyclic) bond motifs is 2. The lowest BCUT2D eigenvalue weighted by Gasteiger charge is -2.39. The molecule has 37 heavy (non-hydrogen) atoms. The van der Waals surface area contributed by atoms with Gasteiger partial charge in [-0.1, -0.05) is 20.8 Å². The average Bonchev–Trinajstić information content (AvgIpc) is 3.50. The quantitative estimate of drug-likeness (QED) is 0.301. The molecule has 7 heteroatoms.